The van der Waals surface area contributed by atoms with Crippen LogP contribution in [0.5, 0.6) is 0 Å². The molecule has 0 saturated carbocycles. The van der Waals surface area contributed by atoms with Crippen LogP contribution in [0.1, 0.15) is 25.0 Å². The first-order valence-electron chi connectivity index (χ1n) is 17.1. The Labute approximate surface area is 290 Å². The van der Waals surface area contributed by atoms with Crippen LogP contribution in [0.15, 0.2) is 158 Å². The topological polar surface area (TPSA) is 43.6 Å². The minimum atomic E-state index is -0.0700. The van der Waals surface area contributed by atoms with Crippen molar-refractivity contribution in [2.75, 3.05) is 0 Å². The van der Waals surface area contributed by atoms with Gasteiger partial charge in [0.15, 0.2) is 17.5 Å². The van der Waals surface area contributed by atoms with Crippen LogP contribution in [0.25, 0.3) is 83.6 Å². The second kappa shape index (κ2) is 10.8. The quantitative estimate of drug-likeness (QED) is 0.192. The number of hydrogen-bond donors (Lipinski definition) is 0. The first-order valence-corrected chi connectivity index (χ1v) is 17.1. The van der Waals surface area contributed by atoms with Crippen LogP contribution in [0.2, 0.25) is 0 Å². The van der Waals surface area contributed by atoms with Crippen LogP contribution in [-0.2, 0) is 5.41 Å². The number of nitrogens with zero attached hydrogens (tertiary/aromatic N) is 4. The van der Waals surface area contributed by atoms with Gasteiger partial charge in [0.25, 0.3) is 0 Å². The van der Waals surface area contributed by atoms with Crippen LogP contribution >= 0.6 is 0 Å². The van der Waals surface area contributed by atoms with Gasteiger partial charge < -0.3 is 4.57 Å². The highest BCUT2D eigenvalue weighted by Gasteiger charge is 2.37. The van der Waals surface area contributed by atoms with E-state index in [1.165, 1.54) is 44.1 Å². The van der Waals surface area contributed by atoms with Gasteiger partial charge in [0.2, 0.25) is 0 Å². The van der Waals surface area contributed by atoms with Gasteiger partial charge in [0.1, 0.15) is 0 Å². The third-order valence-electron chi connectivity index (χ3n) is 10.5. The van der Waals surface area contributed by atoms with E-state index in [0.717, 1.165) is 33.2 Å². The second-order valence-electron chi connectivity index (χ2n) is 13.6. The van der Waals surface area contributed by atoms with E-state index in [0.29, 0.717) is 17.5 Å². The fourth-order valence-corrected chi connectivity index (χ4v) is 8.11. The third kappa shape index (κ3) is 4.15. The third-order valence-corrected chi connectivity index (χ3v) is 10.5. The molecule has 0 N–H and O–H groups in total. The van der Waals surface area contributed by atoms with Gasteiger partial charge in [-0.2, -0.15) is 0 Å². The Bertz CT molecular complexity index is 2720. The van der Waals surface area contributed by atoms with Crippen molar-refractivity contribution in [1.82, 2.24) is 19.5 Å². The Morgan fingerprint density at radius 1 is 0.420 bits per heavy atom. The molecule has 0 radical (unpaired) electrons. The second-order valence-corrected chi connectivity index (χ2v) is 13.6. The zero-order valence-electron chi connectivity index (χ0n) is 27.8. The summed E-state index contributed by atoms with van der Waals surface area (Å²) in [6, 6.07) is 55.8. The van der Waals surface area contributed by atoms with E-state index < -0.39 is 0 Å². The number of para-hydroxylation sites is 1. The maximum atomic E-state index is 5.09. The molecule has 0 unspecified atom stereocenters. The number of rotatable bonds is 4. The van der Waals surface area contributed by atoms with Crippen molar-refractivity contribution in [3.05, 3.63) is 169 Å². The molecule has 0 bridgehead atoms. The lowest BCUT2D eigenvalue weighted by atomic mass is 9.82. The van der Waals surface area contributed by atoms with Gasteiger partial charge in [-0.25, -0.2) is 15.0 Å². The van der Waals surface area contributed by atoms with Crippen molar-refractivity contribution in [2.45, 2.75) is 19.3 Å². The van der Waals surface area contributed by atoms with E-state index >= 15 is 0 Å². The van der Waals surface area contributed by atoms with Gasteiger partial charge in [0.05, 0.1) is 16.7 Å². The SMILES string of the molecule is CC1(C)c2ccccc2-c2c1ccc1c2c2ccccc2n1-c1ccc(-c2nc(-c3ccccc3)nc(-c3ccccc3)n2)c2ccccc12. The largest absolute Gasteiger partial charge is 0.309 e. The van der Waals surface area contributed by atoms with E-state index in [4.69, 9.17) is 15.0 Å². The zero-order chi connectivity index (χ0) is 33.4. The highest BCUT2D eigenvalue weighted by Crippen LogP contribution is 2.53. The van der Waals surface area contributed by atoms with E-state index in [2.05, 4.69) is 115 Å². The van der Waals surface area contributed by atoms with Crippen molar-refractivity contribution >= 4 is 32.6 Å². The average molecular weight is 641 g/mol. The molecule has 1 aliphatic rings. The van der Waals surface area contributed by atoms with E-state index in [9.17, 15) is 0 Å². The fourth-order valence-electron chi connectivity index (χ4n) is 8.11. The first kappa shape index (κ1) is 28.6. The van der Waals surface area contributed by atoms with Gasteiger partial charge >= 0.3 is 0 Å². The molecule has 0 fully saturated rings. The summed E-state index contributed by atoms with van der Waals surface area (Å²) in [5.41, 5.74) is 11.8. The molecule has 0 amide bonds. The highest BCUT2D eigenvalue weighted by molar-refractivity contribution is 6.18. The predicted octanol–water partition coefficient (Wildman–Crippen LogP) is 11.4. The minimum absolute atomic E-state index is 0.0700. The molecular formula is C46H32N4. The molecule has 4 nitrogen and oxygen atoms in total. The molecular weight excluding hydrogens is 609 g/mol. The zero-order valence-corrected chi connectivity index (χ0v) is 27.8. The summed E-state index contributed by atoms with van der Waals surface area (Å²) in [5.74, 6) is 1.96. The van der Waals surface area contributed by atoms with Crippen molar-refractivity contribution in [3.8, 4) is 51.0 Å². The number of benzene rings is 7. The molecule has 10 rings (SSSR count). The Hall–Kier alpha value is -6.39. The molecule has 2 heterocycles. The Morgan fingerprint density at radius 3 is 1.72 bits per heavy atom. The number of fused-ring (bicyclic) bond motifs is 8. The van der Waals surface area contributed by atoms with E-state index in [1.54, 1.807) is 0 Å². The van der Waals surface area contributed by atoms with Crippen molar-refractivity contribution < 1.29 is 0 Å². The lowest BCUT2D eigenvalue weighted by molar-refractivity contribution is 0.661. The summed E-state index contributed by atoms with van der Waals surface area (Å²) in [4.78, 5) is 15.1. The monoisotopic (exact) mass is 640 g/mol. The summed E-state index contributed by atoms with van der Waals surface area (Å²) < 4.78 is 2.45. The van der Waals surface area contributed by atoms with Gasteiger partial charge in [-0.15, -0.1) is 0 Å². The molecule has 0 aliphatic heterocycles. The van der Waals surface area contributed by atoms with Crippen LogP contribution in [0, 0.1) is 0 Å². The van der Waals surface area contributed by atoms with E-state index in [-0.39, 0.29) is 5.41 Å². The summed E-state index contributed by atoms with van der Waals surface area (Å²) in [5, 5.41) is 4.80. The molecule has 9 aromatic rings. The van der Waals surface area contributed by atoms with Crippen molar-refractivity contribution in [3.63, 3.8) is 0 Å². The molecule has 4 heteroatoms. The molecule has 50 heavy (non-hydrogen) atoms. The molecule has 236 valence electrons. The summed E-state index contributed by atoms with van der Waals surface area (Å²) in [6.07, 6.45) is 0. The van der Waals surface area contributed by atoms with Gasteiger partial charge in [-0.3, -0.25) is 0 Å². The first-order chi connectivity index (χ1) is 24.6. The van der Waals surface area contributed by atoms with Gasteiger partial charge in [0, 0.05) is 38.3 Å². The lowest BCUT2D eigenvalue weighted by Crippen LogP contribution is -2.14. The smallest absolute Gasteiger partial charge is 0.164 e. The van der Waals surface area contributed by atoms with Crippen LogP contribution < -0.4 is 0 Å². The molecule has 0 saturated heterocycles. The predicted molar refractivity (Wildman–Crippen MR) is 206 cm³/mol. The van der Waals surface area contributed by atoms with Crippen LogP contribution in [0.4, 0.5) is 0 Å². The number of hydrogen-bond acceptors (Lipinski definition) is 3. The normalized spacial score (nSPS) is 13.2. The molecule has 0 atom stereocenters. The summed E-state index contributed by atoms with van der Waals surface area (Å²) in [7, 11) is 0. The summed E-state index contributed by atoms with van der Waals surface area (Å²) >= 11 is 0. The van der Waals surface area contributed by atoms with Crippen LogP contribution in [-0.4, -0.2) is 19.5 Å². The molecule has 7 aromatic carbocycles. The molecule has 0 spiro atoms. The summed E-state index contributed by atoms with van der Waals surface area (Å²) in [6.45, 7) is 4.70. The van der Waals surface area contributed by atoms with Gasteiger partial charge in [-0.05, 0) is 51.9 Å². The Balaban J connectivity index is 1.24. The van der Waals surface area contributed by atoms with Crippen molar-refractivity contribution in [1.29, 1.82) is 0 Å². The Morgan fingerprint density at radius 2 is 1.00 bits per heavy atom. The maximum absolute atomic E-state index is 5.09. The number of aromatic nitrogens is 4. The van der Waals surface area contributed by atoms with Crippen molar-refractivity contribution in [2.24, 2.45) is 0 Å². The lowest BCUT2D eigenvalue weighted by Gasteiger charge is -2.21. The van der Waals surface area contributed by atoms with E-state index in [1.807, 2.05) is 60.7 Å². The molecule has 1 aliphatic carbocycles. The Kier molecular flexibility index (Phi) is 6.19. The average Bonchev–Trinajstić information content (AvgIpc) is 3.63. The van der Waals surface area contributed by atoms with Gasteiger partial charge in [-0.1, -0.05) is 147 Å². The molecule has 2 aromatic heterocycles. The fraction of sp³-hybridized carbons (Fsp3) is 0.0652. The maximum Gasteiger partial charge on any atom is 0.164 e. The standard InChI is InChI=1S/C46H32N4/c1-46(2)36-23-13-11-21-34(36)41-37(46)26-28-40-42(41)35-22-12-14-24-38(35)50(40)39-27-25-33(31-19-9-10-20-32(31)39)45-48-43(29-15-5-3-6-16-29)47-44(49-45)30-17-7-4-8-18-30/h3-28H,1-2H3. The van der Waals surface area contributed by atoms with Crippen LogP contribution in [0.3, 0.4) is 0 Å². The highest BCUT2D eigenvalue weighted by atomic mass is 15.0. The minimum Gasteiger partial charge on any atom is -0.309 e.